The highest BCUT2D eigenvalue weighted by atomic mass is 15.3. The summed E-state index contributed by atoms with van der Waals surface area (Å²) < 4.78 is 0. The molecule has 3 nitrogen and oxygen atoms in total. The zero-order valence-corrected chi connectivity index (χ0v) is 9.64. The Bertz CT molecular complexity index is 650. The lowest BCUT2D eigenvalue weighted by molar-refractivity contribution is 0.908. The van der Waals surface area contributed by atoms with Gasteiger partial charge in [-0.25, -0.2) is 0 Å². The molecule has 3 heteroatoms. The predicted molar refractivity (Wildman–Crippen MR) is 68.7 cm³/mol. The van der Waals surface area contributed by atoms with Crippen molar-refractivity contribution in [2.75, 3.05) is 0 Å². The number of H-pyrrole nitrogens is 1. The van der Waals surface area contributed by atoms with Gasteiger partial charge < -0.3 is 0 Å². The first-order valence-electron chi connectivity index (χ1n) is 5.78. The van der Waals surface area contributed by atoms with E-state index in [4.69, 9.17) is 0 Å². The van der Waals surface area contributed by atoms with Gasteiger partial charge in [0.1, 0.15) is 5.69 Å². The predicted octanol–water partition coefficient (Wildman–Crippen LogP) is 3.19. The summed E-state index contributed by atoms with van der Waals surface area (Å²) in [5, 5.41) is 13.5. The molecule has 1 N–H and O–H groups in total. The summed E-state index contributed by atoms with van der Waals surface area (Å²) in [6.45, 7) is 2.10. The van der Waals surface area contributed by atoms with E-state index in [0.29, 0.717) is 0 Å². The third-order valence-corrected chi connectivity index (χ3v) is 3.02. The second-order valence-electron chi connectivity index (χ2n) is 4.02. The topological polar surface area (TPSA) is 41.6 Å². The average molecular weight is 223 g/mol. The van der Waals surface area contributed by atoms with Crippen molar-refractivity contribution in [2.24, 2.45) is 0 Å². The molecule has 0 atom stereocenters. The first-order chi connectivity index (χ1) is 8.40. The highest BCUT2D eigenvalue weighted by Gasteiger charge is 2.10. The van der Waals surface area contributed by atoms with Gasteiger partial charge in [0.2, 0.25) is 0 Å². The molecular weight excluding hydrogens is 210 g/mol. The molecule has 17 heavy (non-hydrogen) atoms. The Morgan fingerprint density at radius 2 is 1.88 bits per heavy atom. The maximum absolute atomic E-state index is 4.20. The highest BCUT2D eigenvalue weighted by molar-refractivity contribution is 5.96. The molecule has 0 saturated carbocycles. The van der Waals surface area contributed by atoms with Gasteiger partial charge >= 0.3 is 0 Å². The minimum atomic E-state index is 0.908. The van der Waals surface area contributed by atoms with E-state index in [1.807, 2.05) is 0 Å². The Kier molecular flexibility index (Phi) is 2.37. The fourth-order valence-corrected chi connectivity index (χ4v) is 2.14. The summed E-state index contributed by atoms with van der Waals surface area (Å²) in [7, 11) is 0. The van der Waals surface area contributed by atoms with E-state index in [1.165, 1.54) is 10.8 Å². The largest absolute Gasteiger partial charge is 0.262 e. The lowest BCUT2D eigenvalue weighted by atomic mass is 10.0. The van der Waals surface area contributed by atoms with Gasteiger partial charge in [0, 0.05) is 5.56 Å². The Morgan fingerprint density at radius 3 is 2.76 bits per heavy atom. The molecule has 2 aromatic carbocycles. The molecule has 3 rings (SSSR count). The Labute approximate surface area is 99.5 Å². The van der Waals surface area contributed by atoms with E-state index < -0.39 is 0 Å². The number of aromatic nitrogens is 3. The molecule has 0 radical (unpaired) electrons. The Hall–Kier alpha value is -2.16. The molecule has 0 amide bonds. The first-order valence-corrected chi connectivity index (χ1v) is 5.78. The quantitative estimate of drug-likeness (QED) is 0.725. The number of fused-ring (bicyclic) bond motifs is 1. The van der Waals surface area contributed by atoms with Crippen molar-refractivity contribution < 1.29 is 0 Å². The molecule has 1 heterocycles. The fraction of sp³-hybridized carbons (Fsp3) is 0.143. The van der Waals surface area contributed by atoms with E-state index in [2.05, 4.69) is 64.8 Å². The molecule has 0 aliphatic heterocycles. The molecule has 0 bridgehead atoms. The van der Waals surface area contributed by atoms with E-state index in [0.717, 1.165) is 23.4 Å². The van der Waals surface area contributed by atoms with Crippen LogP contribution in [0.25, 0.3) is 22.0 Å². The fourth-order valence-electron chi connectivity index (χ4n) is 2.14. The molecular formula is C14H13N3. The maximum atomic E-state index is 4.20. The normalized spacial score (nSPS) is 10.9. The van der Waals surface area contributed by atoms with Crippen molar-refractivity contribution >= 4 is 10.8 Å². The third-order valence-electron chi connectivity index (χ3n) is 3.02. The lowest BCUT2D eigenvalue weighted by Crippen LogP contribution is -1.87. The standard InChI is InChI=1S/C14H13N3/c1-2-13-14(16-17-15-13)12-9-5-7-10-6-3-4-8-11(10)12/h3-9H,2H2,1H3,(H,15,16,17). The van der Waals surface area contributed by atoms with Crippen LogP contribution in [0.4, 0.5) is 0 Å². The van der Waals surface area contributed by atoms with Crippen LogP contribution in [0.5, 0.6) is 0 Å². The molecule has 3 aromatic rings. The molecule has 0 aliphatic carbocycles. The van der Waals surface area contributed by atoms with Crippen LogP contribution in [0.3, 0.4) is 0 Å². The summed E-state index contributed by atoms with van der Waals surface area (Å²) in [5.41, 5.74) is 3.19. The number of nitrogens with zero attached hydrogens (tertiary/aromatic N) is 2. The van der Waals surface area contributed by atoms with Crippen LogP contribution in [-0.2, 0) is 6.42 Å². The monoisotopic (exact) mass is 223 g/mol. The Morgan fingerprint density at radius 1 is 1.06 bits per heavy atom. The van der Waals surface area contributed by atoms with Gasteiger partial charge in [0.15, 0.2) is 0 Å². The summed E-state index contributed by atoms with van der Waals surface area (Å²) in [6, 6.07) is 14.6. The van der Waals surface area contributed by atoms with Gasteiger partial charge in [-0.15, -0.1) is 5.10 Å². The van der Waals surface area contributed by atoms with Crippen molar-refractivity contribution in [3.63, 3.8) is 0 Å². The van der Waals surface area contributed by atoms with Gasteiger partial charge in [0.25, 0.3) is 0 Å². The van der Waals surface area contributed by atoms with Gasteiger partial charge in [-0.05, 0) is 17.2 Å². The molecule has 1 aromatic heterocycles. The van der Waals surface area contributed by atoms with Crippen molar-refractivity contribution in [3.8, 4) is 11.3 Å². The van der Waals surface area contributed by atoms with E-state index in [9.17, 15) is 0 Å². The minimum Gasteiger partial charge on any atom is -0.262 e. The second-order valence-corrected chi connectivity index (χ2v) is 4.02. The number of nitrogens with one attached hydrogen (secondary N) is 1. The highest BCUT2D eigenvalue weighted by Crippen LogP contribution is 2.28. The summed E-state index contributed by atoms with van der Waals surface area (Å²) in [4.78, 5) is 0. The molecule has 84 valence electrons. The number of hydrogen-bond acceptors (Lipinski definition) is 2. The van der Waals surface area contributed by atoms with Crippen LogP contribution in [0, 0.1) is 0 Å². The van der Waals surface area contributed by atoms with Crippen LogP contribution in [0.2, 0.25) is 0 Å². The van der Waals surface area contributed by atoms with Gasteiger partial charge in [0.05, 0.1) is 5.69 Å². The summed E-state index contributed by atoms with van der Waals surface area (Å²) in [6.07, 6.45) is 0.908. The average Bonchev–Trinajstić information content (AvgIpc) is 2.86. The molecule has 0 aliphatic rings. The van der Waals surface area contributed by atoms with Crippen molar-refractivity contribution in [3.05, 3.63) is 48.2 Å². The number of aromatic amines is 1. The SMILES string of the molecule is CCc1[nH]nnc1-c1cccc2ccccc12. The third kappa shape index (κ3) is 1.60. The van der Waals surface area contributed by atoms with Crippen LogP contribution in [0.15, 0.2) is 42.5 Å². The van der Waals surface area contributed by atoms with E-state index in [-0.39, 0.29) is 0 Å². The zero-order chi connectivity index (χ0) is 11.7. The van der Waals surface area contributed by atoms with Gasteiger partial charge in [-0.1, -0.05) is 54.6 Å². The van der Waals surface area contributed by atoms with Crippen LogP contribution >= 0.6 is 0 Å². The van der Waals surface area contributed by atoms with Gasteiger partial charge in [-0.2, -0.15) is 0 Å². The van der Waals surface area contributed by atoms with Gasteiger partial charge in [-0.3, -0.25) is 5.10 Å². The minimum absolute atomic E-state index is 0.908. The van der Waals surface area contributed by atoms with Crippen molar-refractivity contribution in [2.45, 2.75) is 13.3 Å². The summed E-state index contributed by atoms with van der Waals surface area (Å²) >= 11 is 0. The number of benzene rings is 2. The second kappa shape index (κ2) is 4.01. The molecule has 0 spiro atoms. The number of hydrogen-bond donors (Lipinski definition) is 1. The molecule has 0 unspecified atom stereocenters. The number of rotatable bonds is 2. The smallest absolute Gasteiger partial charge is 0.116 e. The first kappa shape index (κ1) is 10.0. The molecule has 0 fully saturated rings. The van der Waals surface area contributed by atoms with Crippen molar-refractivity contribution in [1.29, 1.82) is 0 Å². The maximum Gasteiger partial charge on any atom is 0.116 e. The van der Waals surface area contributed by atoms with Crippen molar-refractivity contribution in [1.82, 2.24) is 15.4 Å². The lowest BCUT2D eigenvalue weighted by Gasteiger charge is -2.04. The Balaban J connectivity index is 2.31. The number of aryl methyl sites for hydroxylation is 1. The summed E-state index contributed by atoms with van der Waals surface area (Å²) in [5.74, 6) is 0. The molecule has 0 saturated heterocycles. The zero-order valence-electron chi connectivity index (χ0n) is 9.64. The van der Waals surface area contributed by atoms with E-state index >= 15 is 0 Å². The van der Waals surface area contributed by atoms with E-state index in [1.54, 1.807) is 0 Å². The van der Waals surface area contributed by atoms with Crippen LogP contribution in [0.1, 0.15) is 12.6 Å². The van der Waals surface area contributed by atoms with Crippen LogP contribution < -0.4 is 0 Å². The van der Waals surface area contributed by atoms with Crippen LogP contribution in [-0.4, -0.2) is 15.4 Å².